The highest BCUT2D eigenvalue weighted by molar-refractivity contribution is 5.95. The first-order chi connectivity index (χ1) is 11.9. The first-order valence-corrected chi connectivity index (χ1v) is 8.76. The number of nitrogens with zero attached hydrogens (tertiary/aromatic N) is 1. The average molecular weight is 342 g/mol. The molecule has 0 heterocycles. The second-order valence-corrected chi connectivity index (χ2v) is 6.61. The number of hydrogen-bond acceptors (Lipinski definition) is 2. The molecule has 4 heteroatoms. The first kappa shape index (κ1) is 19.1. The Balaban J connectivity index is 2.05. The molecule has 2 aromatic rings. The Bertz CT molecular complexity index is 717. The number of para-hydroxylation sites is 1. The van der Waals surface area contributed by atoms with E-state index in [9.17, 15) is 9.18 Å². The van der Waals surface area contributed by atoms with Crippen molar-refractivity contribution in [3.05, 3.63) is 65.5 Å². The summed E-state index contributed by atoms with van der Waals surface area (Å²) in [5, 5.41) is 3.05. The Kier molecular flexibility index (Phi) is 6.71. The highest BCUT2D eigenvalue weighted by Crippen LogP contribution is 2.26. The molecule has 0 radical (unpaired) electrons. The molecule has 0 bridgehead atoms. The summed E-state index contributed by atoms with van der Waals surface area (Å²) in [6, 6.07) is 14.1. The fourth-order valence-corrected chi connectivity index (χ4v) is 2.76. The van der Waals surface area contributed by atoms with Crippen LogP contribution in [0.3, 0.4) is 0 Å². The quantitative estimate of drug-likeness (QED) is 0.784. The lowest BCUT2D eigenvalue weighted by Gasteiger charge is -2.25. The Morgan fingerprint density at radius 2 is 1.88 bits per heavy atom. The van der Waals surface area contributed by atoms with E-state index >= 15 is 0 Å². The summed E-state index contributed by atoms with van der Waals surface area (Å²) in [6.45, 7) is 6.67. The van der Waals surface area contributed by atoms with Crippen LogP contribution in [0.2, 0.25) is 0 Å². The molecule has 0 aliphatic heterocycles. The van der Waals surface area contributed by atoms with Crippen molar-refractivity contribution in [2.45, 2.75) is 45.7 Å². The van der Waals surface area contributed by atoms with E-state index in [-0.39, 0.29) is 17.8 Å². The molecule has 0 aromatic heterocycles. The lowest BCUT2D eigenvalue weighted by atomic mass is 9.97. The Labute approximate surface area is 149 Å². The Morgan fingerprint density at radius 3 is 2.56 bits per heavy atom. The van der Waals surface area contributed by atoms with Crippen LogP contribution in [0.5, 0.6) is 0 Å². The number of rotatable bonds is 7. The minimum atomic E-state index is -0.326. The zero-order chi connectivity index (χ0) is 18.4. The lowest BCUT2D eigenvalue weighted by molar-refractivity contribution is -0.120. The number of anilines is 1. The average Bonchev–Trinajstić information content (AvgIpc) is 2.60. The van der Waals surface area contributed by atoms with Crippen LogP contribution in [0.15, 0.2) is 48.5 Å². The van der Waals surface area contributed by atoms with E-state index in [1.807, 2.05) is 43.1 Å². The van der Waals surface area contributed by atoms with Crippen LogP contribution in [0.25, 0.3) is 0 Å². The summed E-state index contributed by atoms with van der Waals surface area (Å²) in [6.07, 6.45) is 1.02. The predicted octanol–water partition coefficient (Wildman–Crippen LogP) is 4.80. The molecule has 2 atom stereocenters. The summed E-state index contributed by atoms with van der Waals surface area (Å²) < 4.78 is 13.3. The summed E-state index contributed by atoms with van der Waals surface area (Å²) >= 11 is 0. The number of benzene rings is 2. The Hall–Kier alpha value is -2.20. The van der Waals surface area contributed by atoms with Crippen LogP contribution in [0.1, 0.15) is 44.2 Å². The van der Waals surface area contributed by atoms with Gasteiger partial charge in [0.15, 0.2) is 0 Å². The number of hydrogen-bond donors (Lipinski definition) is 1. The van der Waals surface area contributed by atoms with E-state index < -0.39 is 0 Å². The standard InChI is InChI=1S/C21H27FN2O/c1-5-15(2)19-11-6-7-12-20(19)23-21(25)16(3)24(4)14-17-9-8-10-18(22)13-17/h6-13,15-16H,5,14H2,1-4H3,(H,23,25)/t15-,16-/m1/s1. The van der Waals surface area contributed by atoms with Gasteiger partial charge in [0, 0.05) is 12.2 Å². The zero-order valence-corrected chi connectivity index (χ0v) is 15.4. The fourth-order valence-electron chi connectivity index (χ4n) is 2.76. The van der Waals surface area contributed by atoms with Gasteiger partial charge in [-0.05, 0) is 55.6 Å². The highest BCUT2D eigenvalue weighted by Gasteiger charge is 2.20. The van der Waals surface area contributed by atoms with Gasteiger partial charge in [-0.1, -0.05) is 44.2 Å². The van der Waals surface area contributed by atoms with Crippen LogP contribution in [0.4, 0.5) is 10.1 Å². The normalized spacial score (nSPS) is 13.5. The number of amides is 1. The maximum atomic E-state index is 13.3. The van der Waals surface area contributed by atoms with Gasteiger partial charge in [-0.25, -0.2) is 4.39 Å². The maximum Gasteiger partial charge on any atom is 0.241 e. The summed E-state index contributed by atoms with van der Waals surface area (Å²) in [7, 11) is 1.87. The molecule has 0 saturated carbocycles. The molecule has 3 nitrogen and oxygen atoms in total. The van der Waals surface area contributed by atoms with Crippen molar-refractivity contribution in [1.29, 1.82) is 0 Å². The zero-order valence-electron chi connectivity index (χ0n) is 15.4. The van der Waals surface area contributed by atoms with Crippen LogP contribution < -0.4 is 5.32 Å². The van der Waals surface area contributed by atoms with Gasteiger partial charge < -0.3 is 5.32 Å². The van der Waals surface area contributed by atoms with Gasteiger partial charge in [-0.3, -0.25) is 9.69 Å². The van der Waals surface area contributed by atoms with Crippen LogP contribution in [-0.2, 0) is 11.3 Å². The molecule has 0 saturated heterocycles. The number of carbonyl (C=O) groups excluding carboxylic acids is 1. The number of carbonyl (C=O) groups is 1. The number of halogens is 1. The molecule has 0 fully saturated rings. The third kappa shape index (κ3) is 5.13. The summed E-state index contributed by atoms with van der Waals surface area (Å²) in [5.74, 6) is 0.0666. The topological polar surface area (TPSA) is 32.3 Å². The van der Waals surface area contributed by atoms with Gasteiger partial charge in [0.05, 0.1) is 6.04 Å². The van der Waals surface area contributed by atoms with Gasteiger partial charge in [0.2, 0.25) is 5.91 Å². The minimum Gasteiger partial charge on any atom is -0.324 e. The van der Waals surface area contributed by atoms with E-state index in [0.29, 0.717) is 12.5 Å². The molecule has 1 amide bonds. The molecule has 25 heavy (non-hydrogen) atoms. The van der Waals surface area contributed by atoms with E-state index in [2.05, 4.69) is 25.2 Å². The fraction of sp³-hybridized carbons (Fsp3) is 0.381. The molecule has 1 N–H and O–H groups in total. The SMILES string of the molecule is CC[C@@H](C)c1ccccc1NC(=O)[C@@H](C)N(C)Cc1cccc(F)c1. The number of nitrogens with one attached hydrogen (secondary N) is 1. The van der Waals surface area contributed by atoms with Gasteiger partial charge in [0.1, 0.15) is 5.82 Å². The van der Waals surface area contributed by atoms with E-state index in [4.69, 9.17) is 0 Å². The molecule has 0 spiro atoms. The van der Waals surface area contributed by atoms with Gasteiger partial charge in [-0.2, -0.15) is 0 Å². The van der Waals surface area contributed by atoms with Crippen molar-refractivity contribution in [2.75, 3.05) is 12.4 Å². The van der Waals surface area contributed by atoms with Crippen LogP contribution >= 0.6 is 0 Å². The Morgan fingerprint density at radius 1 is 1.16 bits per heavy atom. The van der Waals surface area contributed by atoms with Crippen molar-refractivity contribution in [3.63, 3.8) is 0 Å². The van der Waals surface area contributed by atoms with E-state index in [0.717, 1.165) is 23.2 Å². The highest BCUT2D eigenvalue weighted by atomic mass is 19.1. The van der Waals surface area contributed by atoms with Crippen LogP contribution in [-0.4, -0.2) is 23.9 Å². The van der Waals surface area contributed by atoms with Crippen molar-refractivity contribution in [3.8, 4) is 0 Å². The first-order valence-electron chi connectivity index (χ1n) is 8.76. The largest absolute Gasteiger partial charge is 0.324 e. The maximum absolute atomic E-state index is 13.3. The summed E-state index contributed by atoms with van der Waals surface area (Å²) in [4.78, 5) is 14.6. The van der Waals surface area contributed by atoms with Gasteiger partial charge in [-0.15, -0.1) is 0 Å². The molecule has 0 aliphatic rings. The van der Waals surface area contributed by atoms with Crippen molar-refractivity contribution < 1.29 is 9.18 Å². The molecular weight excluding hydrogens is 315 g/mol. The van der Waals surface area contributed by atoms with Gasteiger partial charge in [0.25, 0.3) is 0 Å². The van der Waals surface area contributed by atoms with Crippen LogP contribution in [0, 0.1) is 5.82 Å². The smallest absolute Gasteiger partial charge is 0.241 e. The van der Waals surface area contributed by atoms with E-state index in [1.54, 1.807) is 6.07 Å². The van der Waals surface area contributed by atoms with E-state index in [1.165, 1.54) is 12.1 Å². The minimum absolute atomic E-state index is 0.0605. The molecule has 0 unspecified atom stereocenters. The molecule has 134 valence electrons. The van der Waals surface area contributed by atoms with Crippen molar-refractivity contribution in [2.24, 2.45) is 0 Å². The predicted molar refractivity (Wildman–Crippen MR) is 101 cm³/mol. The summed E-state index contributed by atoms with van der Waals surface area (Å²) in [5.41, 5.74) is 2.87. The monoisotopic (exact) mass is 342 g/mol. The van der Waals surface area contributed by atoms with Crippen molar-refractivity contribution >= 4 is 11.6 Å². The molecule has 2 aromatic carbocycles. The lowest BCUT2D eigenvalue weighted by Crippen LogP contribution is -2.39. The van der Waals surface area contributed by atoms with Gasteiger partial charge >= 0.3 is 0 Å². The molecular formula is C21H27FN2O. The third-order valence-corrected chi connectivity index (χ3v) is 4.72. The number of likely N-dealkylation sites (N-methyl/N-ethyl adjacent to an activating group) is 1. The molecule has 0 aliphatic carbocycles. The van der Waals surface area contributed by atoms with Crippen molar-refractivity contribution in [1.82, 2.24) is 4.90 Å². The second-order valence-electron chi connectivity index (χ2n) is 6.61. The second kappa shape index (κ2) is 8.77. The third-order valence-electron chi connectivity index (χ3n) is 4.72. The molecule has 2 rings (SSSR count).